The number of aryl methyl sites for hydroxylation is 1. The van der Waals surface area contributed by atoms with Crippen LogP contribution >= 0.6 is 11.6 Å². The van der Waals surface area contributed by atoms with Crippen LogP contribution < -0.4 is 10.1 Å². The molecule has 0 aliphatic rings. The third kappa shape index (κ3) is 5.24. The van der Waals surface area contributed by atoms with E-state index in [4.69, 9.17) is 16.3 Å². The first kappa shape index (κ1) is 19.2. The van der Waals surface area contributed by atoms with E-state index in [2.05, 4.69) is 5.32 Å². The van der Waals surface area contributed by atoms with Crippen molar-refractivity contribution in [1.29, 1.82) is 0 Å². The van der Waals surface area contributed by atoms with E-state index in [1.165, 1.54) is 5.56 Å². The molecule has 0 saturated carbocycles. The Morgan fingerprint density at radius 2 is 1.78 bits per heavy atom. The fourth-order valence-corrected chi connectivity index (χ4v) is 3.17. The van der Waals surface area contributed by atoms with Crippen LogP contribution in [0.1, 0.15) is 25.3 Å². The van der Waals surface area contributed by atoms with Crippen molar-refractivity contribution in [1.82, 2.24) is 5.32 Å². The molecule has 0 aliphatic heterocycles. The van der Waals surface area contributed by atoms with Gasteiger partial charge in [0.05, 0.1) is 0 Å². The summed E-state index contributed by atoms with van der Waals surface area (Å²) in [6.07, 6.45) is 1.90. The Hall–Kier alpha value is -2.52. The summed E-state index contributed by atoms with van der Waals surface area (Å²) in [5.41, 5.74) is 1.22. The summed E-state index contributed by atoms with van der Waals surface area (Å²) in [4.78, 5) is 12.5. The van der Waals surface area contributed by atoms with Crippen LogP contribution in [0.15, 0.2) is 66.7 Å². The van der Waals surface area contributed by atoms with Gasteiger partial charge < -0.3 is 10.1 Å². The van der Waals surface area contributed by atoms with Crippen LogP contribution in [0.3, 0.4) is 0 Å². The number of nitrogens with one attached hydrogen (secondary N) is 1. The van der Waals surface area contributed by atoms with Crippen molar-refractivity contribution in [2.75, 3.05) is 6.54 Å². The summed E-state index contributed by atoms with van der Waals surface area (Å²) in [5, 5.41) is 5.86. The molecule has 140 valence electrons. The van der Waals surface area contributed by atoms with Crippen molar-refractivity contribution in [2.24, 2.45) is 0 Å². The number of hydrogen-bond donors (Lipinski definition) is 1. The van der Waals surface area contributed by atoms with E-state index < -0.39 is 6.10 Å². The second-order valence-electron chi connectivity index (χ2n) is 6.51. The second-order valence-corrected chi connectivity index (χ2v) is 6.95. The molecule has 1 amide bonds. The van der Waals surface area contributed by atoms with Crippen LogP contribution in [-0.4, -0.2) is 18.6 Å². The average Bonchev–Trinajstić information content (AvgIpc) is 2.70. The van der Waals surface area contributed by atoms with Gasteiger partial charge in [-0.2, -0.15) is 0 Å². The molecule has 0 spiro atoms. The van der Waals surface area contributed by atoms with Gasteiger partial charge in [-0.3, -0.25) is 4.79 Å². The van der Waals surface area contributed by atoms with Gasteiger partial charge in [-0.05, 0) is 48.4 Å². The van der Waals surface area contributed by atoms with E-state index in [1.54, 1.807) is 0 Å². The Kier molecular flexibility index (Phi) is 6.72. The molecule has 1 atom stereocenters. The quantitative estimate of drug-likeness (QED) is 0.530. The van der Waals surface area contributed by atoms with E-state index in [0.29, 0.717) is 13.0 Å². The Bertz CT molecular complexity index is 887. The predicted octanol–water partition coefficient (Wildman–Crippen LogP) is 5.40. The minimum atomic E-state index is -0.494. The normalized spacial score (nSPS) is 11.9. The molecule has 0 heterocycles. The topological polar surface area (TPSA) is 38.3 Å². The minimum absolute atomic E-state index is 0.0680. The third-order valence-corrected chi connectivity index (χ3v) is 4.79. The number of benzene rings is 3. The Balaban J connectivity index is 1.53. The molecule has 0 aliphatic carbocycles. The highest BCUT2D eigenvalue weighted by atomic mass is 35.5. The predicted molar refractivity (Wildman–Crippen MR) is 111 cm³/mol. The fraction of sp³-hybridized carbons (Fsp3) is 0.261. The standard InChI is InChI=1S/C23H24ClNO2/c1-2-21(27-22-11-5-9-18-8-3-4-10-20(18)22)23(26)25-16-6-7-17-12-14-19(24)15-13-17/h3-5,8-15,21H,2,6-7,16H2,1H3,(H,25,26)/t21-/m1/s1. The number of amides is 1. The smallest absolute Gasteiger partial charge is 0.261 e. The lowest BCUT2D eigenvalue weighted by molar-refractivity contribution is -0.128. The zero-order chi connectivity index (χ0) is 19.1. The summed E-state index contributed by atoms with van der Waals surface area (Å²) >= 11 is 5.90. The lowest BCUT2D eigenvalue weighted by Gasteiger charge is -2.18. The van der Waals surface area contributed by atoms with Gasteiger partial charge in [0.25, 0.3) is 5.91 Å². The maximum atomic E-state index is 12.5. The number of hydrogen-bond acceptors (Lipinski definition) is 2. The van der Waals surface area contributed by atoms with Crippen molar-refractivity contribution in [3.8, 4) is 5.75 Å². The Labute approximate surface area is 165 Å². The van der Waals surface area contributed by atoms with E-state index in [0.717, 1.165) is 34.4 Å². The summed E-state index contributed by atoms with van der Waals surface area (Å²) in [6.45, 7) is 2.58. The van der Waals surface area contributed by atoms with E-state index in [9.17, 15) is 4.79 Å². The van der Waals surface area contributed by atoms with E-state index >= 15 is 0 Å². The molecule has 3 rings (SSSR count). The van der Waals surface area contributed by atoms with Crippen molar-refractivity contribution in [2.45, 2.75) is 32.3 Å². The molecule has 3 aromatic carbocycles. The molecule has 0 unspecified atom stereocenters. The van der Waals surface area contributed by atoms with Crippen molar-refractivity contribution in [3.05, 3.63) is 77.3 Å². The molecular formula is C23H24ClNO2. The zero-order valence-electron chi connectivity index (χ0n) is 15.5. The molecule has 4 heteroatoms. The van der Waals surface area contributed by atoms with Gasteiger partial charge in [0.15, 0.2) is 6.10 Å². The SMILES string of the molecule is CC[C@@H](Oc1cccc2ccccc12)C(=O)NCCCc1ccc(Cl)cc1. The molecule has 3 aromatic rings. The molecule has 0 saturated heterocycles. The molecule has 3 nitrogen and oxygen atoms in total. The van der Waals surface area contributed by atoms with E-state index in [1.807, 2.05) is 73.7 Å². The fourth-order valence-electron chi connectivity index (χ4n) is 3.04. The number of fused-ring (bicyclic) bond motifs is 1. The Morgan fingerprint density at radius 3 is 2.56 bits per heavy atom. The van der Waals surface area contributed by atoms with Crippen molar-refractivity contribution in [3.63, 3.8) is 0 Å². The minimum Gasteiger partial charge on any atom is -0.480 e. The van der Waals surface area contributed by atoms with Crippen LogP contribution in [0.25, 0.3) is 10.8 Å². The highest BCUT2D eigenvalue weighted by Gasteiger charge is 2.18. The highest BCUT2D eigenvalue weighted by Crippen LogP contribution is 2.26. The monoisotopic (exact) mass is 381 g/mol. The van der Waals surface area contributed by atoms with E-state index in [-0.39, 0.29) is 5.91 Å². The molecule has 0 aromatic heterocycles. The second kappa shape index (κ2) is 9.43. The molecule has 0 fully saturated rings. The third-order valence-electron chi connectivity index (χ3n) is 4.54. The van der Waals surface area contributed by atoms with Crippen LogP contribution in [0.4, 0.5) is 0 Å². The summed E-state index contributed by atoms with van der Waals surface area (Å²) in [6, 6.07) is 21.8. The van der Waals surface area contributed by atoms with Gasteiger partial charge in [0.1, 0.15) is 5.75 Å². The van der Waals surface area contributed by atoms with Crippen molar-refractivity contribution >= 4 is 28.3 Å². The van der Waals surface area contributed by atoms with Gasteiger partial charge in [-0.25, -0.2) is 0 Å². The molecule has 0 bridgehead atoms. The Morgan fingerprint density at radius 1 is 1.04 bits per heavy atom. The van der Waals surface area contributed by atoms with Gasteiger partial charge >= 0.3 is 0 Å². The largest absolute Gasteiger partial charge is 0.480 e. The van der Waals surface area contributed by atoms with Crippen LogP contribution in [0.5, 0.6) is 5.75 Å². The number of halogens is 1. The summed E-state index contributed by atoms with van der Waals surface area (Å²) in [5.74, 6) is 0.679. The maximum absolute atomic E-state index is 12.5. The number of ether oxygens (including phenoxy) is 1. The number of rotatable bonds is 8. The highest BCUT2D eigenvalue weighted by molar-refractivity contribution is 6.30. The van der Waals surface area contributed by atoms with Gasteiger partial charge in [0, 0.05) is 17.0 Å². The lowest BCUT2D eigenvalue weighted by Crippen LogP contribution is -2.38. The molecule has 0 radical (unpaired) electrons. The van der Waals surface area contributed by atoms with Crippen LogP contribution in [-0.2, 0) is 11.2 Å². The van der Waals surface area contributed by atoms with Crippen LogP contribution in [0, 0.1) is 0 Å². The number of carbonyl (C=O) groups is 1. The van der Waals surface area contributed by atoms with Crippen LogP contribution in [0.2, 0.25) is 5.02 Å². The molecular weight excluding hydrogens is 358 g/mol. The first-order valence-corrected chi connectivity index (χ1v) is 9.71. The first-order chi connectivity index (χ1) is 13.2. The van der Waals surface area contributed by atoms with Gasteiger partial charge in [-0.15, -0.1) is 0 Å². The van der Waals surface area contributed by atoms with Gasteiger partial charge in [-0.1, -0.05) is 67.1 Å². The van der Waals surface area contributed by atoms with Crippen molar-refractivity contribution < 1.29 is 9.53 Å². The summed E-state index contributed by atoms with van der Waals surface area (Å²) in [7, 11) is 0. The molecule has 27 heavy (non-hydrogen) atoms. The number of carbonyl (C=O) groups excluding carboxylic acids is 1. The average molecular weight is 382 g/mol. The molecule has 1 N–H and O–H groups in total. The first-order valence-electron chi connectivity index (χ1n) is 9.34. The maximum Gasteiger partial charge on any atom is 0.261 e. The lowest BCUT2D eigenvalue weighted by atomic mass is 10.1. The van der Waals surface area contributed by atoms with Gasteiger partial charge in [0.2, 0.25) is 0 Å². The summed E-state index contributed by atoms with van der Waals surface area (Å²) < 4.78 is 6.04. The zero-order valence-corrected chi connectivity index (χ0v) is 16.2.